The summed E-state index contributed by atoms with van der Waals surface area (Å²) >= 11 is 1.95. The molecule has 2 rings (SSSR count). The van der Waals surface area contributed by atoms with Gasteiger partial charge >= 0.3 is 0 Å². The molecular weight excluding hydrogens is 260 g/mol. The van der Waals surface area contributed by atoms with Crippen molar-refractivity contribution < 1.29 is 9.53 Å². The summed E-state index contributed by atoms with van der Waals surface area (Å²) in [6.07, 6.45) is 0. The molecular formula is C14H20N2O2S. The van der Waals surface area contributed by atoms with Gasteiger partial charge < -0.3 is 10.1 Å². The quantitative estimate of drug-likeness (QED) is 0.884. The van der Waals surface area contributed by atoms with Gasteiger partial charge in [0.1, 0.15) is 5.75 Å². The number of nitrogens with zero attached hydrogens (tertiary/aromatic N) is 1. The first-order valence-electron chi connectivity index (χ1n) is 6.47. The maximum Gasteiger partial charge on any atom is 0.234 e. The van der Waals surface area contributed by atoms with Gasteiger partial charge in [-0.15, -0.1) is 0 Å². The van der Waals surface area contributed by atoms with Crippen LogP contribution in [0.25, 0.3) is 0 Å². The molecule has 1 fully saturated rings. The Morgan fingerprint density at radius 2 is 2.21 bits per heavy atom. The van der Waals surface area contributed by atoms with Gasteiger partial charge in [-0.05, 0) is 17.7 Å². The van der Waals surface area contributed by atoms with E-state index in [0.717, 1.165) is 35.9 Å². The van der Waals surface area contributed by atoms with Crippen molar-refractivity contribution in [3.8, 4) is 5.75 Å². The van der Waals surface area contributed by atoms with Crippen LogP contribution in [0.2, 0.25) is 0 Å². The third-order valence-electron chi connectivity index (χ3n) is 3.09. The van der Waals surface area contributed by atoms with Crippen LogP contribution >= 0.6 is 11.8 Å². The lowest BCUT2D eigenvalue weighted by molar-refractivity contribution is -0.122. The first-order chi connectivity index (χ1) is 9.28. The van der Waals surface area contributed by atoms with Gasteiger partial charge in [-0.25, -0.2) is 0 Å². The predicted molar refractivity (Wildman–Crippen MR) is 78.6 cm³/mol. The lowest BCUT2D eigenvalue weighted by Crippen LogP contribution is -2.41. The molecule has 1 heterocycles. The summed E-state index contributed by atoms with van der Waals surface area (Å²) in [4.78, 5) is 14.1. The van der Waals surface area contributed by atoms with E-state index in [2.05, 4.69) is 10.2 Å². The second-order valence-electron chi connectivity index (χ2n) is 4.52. The van der Waals surface area contributed by atoms with Crippen LogP contribution in [-0.2, 0) is 11.3 Å². The summed E-state index contributed by atoms with van der Waals surface area (Å²) in [5.74, 6) is 3.17. The predicted octanol–water partition coefficient (Wildman–Crippen LogP) is 1.36. The van der Waals surface area contributed by atoms with Crippen molar-refractivity contribution in [1.29, 1.82) is 0 Å². The van der Waals surface area contributed by atoms with Crippen LogP contribution in [0, 0.1) is 0 Å². The fraction of sp³-hybridized carbons (Fsp3) is 0.500. The normalized spacial score (nSPS) is 16.1. The lowest BCUT2D eigenvalue weighted by Gasteiger charge is -2.25. The van der Waals surface area contributed by atoms with Crippen molar-refractivity contribution >= 4 is 17.7 Å². The van der Waals surface area contributed by atoms with E-state index >= 15 is 0 Å². The topological polar surface area (TPSA) is 41.6 Å². The summed E-state index contributed by atoms with van der Waals surface area (Å²) in [5.41, 5.74) is 1.06. The van der Waals surface area contributed by atoms with Gasteiger partial charge in [-0.1, -0.05) is 12.1 Å². The Hall–Kier alpha value is -1.20. The summed E-state index contributed by atoms with van der Waals surface area (Å²) in [5, 5.41) is 2.95. The smallest absolute Gasteiger partial charge is 0.234 e. The van der Waals surface area contributed by atoms with Crippen molar-refractivity contribution in [2.45, 2.75) is 6.54 Å². The van der Waals surface area contributed by atoms with Crippen LogP contribution < -0.4 is 10.1 Å². The molecule has 0 spiro atoms. The highest BCUT2D eigenvalue weighted by Crippen LogP contribution is 2.12. The molecule has 0 unspecified atom stereocenters. The first kappa shape index (κ1) is 14.2. The molecule has 1 aromatic carbocycles. The second kappa shape index (κ2) is 7.40. The Kier molecular flexibility index (Phi) is 5.54. The van der Waals surface area contributed by atoms with Crippen molar-refractivity contribution in [1.82, 2.24) is 10.2 Å². The maximum absolute atomic E-state index is 11.8. The minimum absolute atomic E-state index is 0.0923. The molecule has 104 valence electrons. The molecule has 1 saturated heterocycles. The number of ether oxygens (including phenoxy) is 1. The molecule has 0 saturated carbocycles. The van der Waals surface area contributed by atoms with E-state index in [0.29, 0.717) is 13.1 Å². The van der Waals surface area contributed by atoms with Gasteiger partial charge in [-0.2, -0.15) is 11.8 Å². The van der Waals surface area contributed by atoms with Gasteiger partial charge in [0.15, 0.2) is 0 Å². The van der Waals surface area contributed by atoms with Crippen LogP contribution in [0.4, 0.5) is 0 Å². The zero-order valence-electron chi connectivity index (χ0n) is 11.2. The Morgan fingerprint density at radius 1 is 1.42 bits per heavy atom. The maximum atomic E-state index is 11.8. The van der Waals surface area contributed by atoms with E-state index in [1.807, 2.05) is 36.0 Å². The van der Waals surface area contributed by atoms with Gasteiger partial charge in [0.2, 0.25) is 5.91 Å². The average molecular weight is 280 g/mol. The van der Waals surface area contributed by atoms with Crippen LogP contribution in [0.1, 0.15) is 5.56 Å². The molecule has 0 atom stereocenters. The molecule has 0 bridgehead atoms. The Labute approximate surface area is 118 Å². The lowest BCUT2D eigenvalue weighted by atomic mass is 10.2. The number of rotatable bonds is 5. The van der Waals surface area contributed by atoms with Crippen LogP contribution in [0.15, 0.2) is 24.3 Å². The molecule has 0 aromatic heterocycles. The van der Waals surface area contributed by atoms with Crippen LogP contribution in [0.3, 0.4) is 0 Å². The Balaban J connectivity index is 1.76. The summed E-state index contributed by atoms with van der Waals surface area (Å²) < 4.78 is 5.16. The number of nitrogens with one attached hydrogen (secondary N) is 1. The van der Waals surface area contributed by atoms with E-state index in [1.165, 1.54) is 0 Å². The zero-order valence-corrected chi connectivity index (χ0v) is 12.0. The van der Waals surface area contributed by atoms with Crippen molar-refractivity contribution in [3.05, 3.63) is 29.8 Å². The standard InChI is InChI=1S/C14H20N2O2S/c1-18-13-4-2-3-12(9-13)10-15-14(17)11-16-5-7-19-8-6-16/h2-4,9H,5-8,10-11H2,1H3,(H,15,17). The zero-order chi connectivity index (χ0) is 13.5. The minimum atomic E-state index is 0.0923. The SMILES string of the molecule is COc1cccc(CNC(=O)CN2CCSCC2)c1. The third kappa shape index (κ3) is 4.76. The average Bonchev–Trinajstić information content (AvgIpc) is 2.46. The van der Waals surface area contributed by atoms with Gasteiger partial charge in [-0.3, -0.25) is 9.69 Å². The largest absolute Gasteiger partial charge is 0.497 e. The van der Waals surface area contributed by atoms with E-state index < -0.39 is 0 Å². The molecule has 1 N–H and O–H groups in total. The Morgan fingerprint density at radius 3 is 2.95 bits per heavy atom. The highest BCUT2D eigenvalue weighted by atomic mass is 32.2. The van der Waals surface area contributed by atoms with E-state index in [1.54, 1.807) is 7.11 Å². The summed E-state index contributed by atoms with van der Waals surface area (Å²) in [7, 11) is 1.64. The molecule has 1 aliphatic rings. The molecule has 19 heavy (non-hydrogen) atoms. The fourth-order valence-corrected chi connectivity index (χ4v) is 2.98. The fourth-order valence-electron chi connectivity index (χ4n) is 2.00. The first-order valence-corrected chi connectivity index (χ1v) is 7.63. The summed E-state index contributed by atoms with van der Waals surface area (Å²) in [6.45, 7) is 3.08. The molecule has 5 heteroatoms. The number of benzene rings is 1. The van der Waals surface area contributed by atoms with E-state index in [-0.39, 0.29) is 5.91 Å². The van der Waals surface area contributed by atoms with Crippen molar-refractivity contribution in [2.24, 2.45) is 0 Å². The number of methoxy groups -OCH3 is 1. The monoisotopic (exact) mass is 280 g/mol. The van der Waals surface area contributed by atoms with Crippen LogP contribution in [-0.4, -0.2) is 49.1 Å². The third-order valence-corrected chi connectivity index (χ3v) is 4.04. The Bertz CT molecular complexity index is 420. The highest BCUT2D eigenvalue weighted by molar-refractivity contribution is 7.99. The van der Waals surface area contributed by atoms with Gasteiger partial charge in [0.05, 0.1) is 13.7 Å². The number of carbonyl (C=O) groups is 1. The number of hydrogen-bond acceptors (Lipinski definition) is 4. The van der Waals surface area contributed by atoms with Crippen LogP contribution in [0.5, 0.6) is 5.75 Å². The number of amides is 1. The molecule has 0 radical (unpaired) electrons. The number of thioether (sulfide) groups is 1. The molecule has 0 aliphatic carbocycles. The molecule has 4 nitrogen and oxygen atoms in total. The summed E-state index contributed by atoms with van der Waals surface area (Å²) in [6, 6.07) is 7.76. The van der Waals surface area contributed by atoms with E-state index in [9.17, 15) is 4.79 Å². The number of hydrogen-bond donors (Lipinski definition) is 1. The van der Waals surface area contributed by atoms with Crippen molar-refractivity contribution in [2.75, 3.05) is 38.2 Å². The van der Waals surface area contributed by atoms with Crippen molar-refractivity contribution in [3.63, 3.8) is 0 Å². The second-order valence-corrected chi connectivity index (χ2v) is 5.74. The molecule has 1 aromatic rings. The molecule has 1 aliphatic heterocycles. The molecule has 1 amide bonds. The van der Waals surface area contributed by atoms with Gasteiger partial charge in [0, 0.05) is 31.1 Å². The number of carbonyl (C=O) groups excluding carboxylic acids is 1. The van der Waals surface area contributed by atoms with Gasteiger partial charge in [0.25, 0.3) is 0 Å². The van der Waals surface area contributed by atoms with E-state index in [4.69, 9.17) is 4.74 Å². The minimum Gasteiger partial charge on any atom is -0.497 e. The highest BCUT2D eigenvalue weighted by Gasteiger charge is 2.13.